The molecule has 256 valence electrons. The van der Waals surface area contributed by atoms with Gasteiger partial charge in [0.25, 0.3) is 0 Å². The van der Waals surface area contributed by atoms with Gasteiger partial charge >= 0.3 is 0 Å². The highest BCUT2D eigenvalue weighted by Crippen LogP contribution is 2.30. The molecule has 0 heterocycles. The first-order valence-electron chi connectivity index (χ1n) is 17.1. The molecule has 6 unspecified atom stereocenters. The first-order chi connectivity index (χ1) is 20.5. The van der Waals surface area contributed by atoms with E-state index >= 15 is 0 Å². The standard InChI is InChI=1S/C36H68N4O4/c1-14-30(39(12)32(22-26(5)6)34(43)38-20-18-27(7)23-29(9)42)31(21-25(3)4)40(13)35(44)28(8)17-16-19-36(10,24-41)33(15-2)37-11/h14,24-28,31-33,37H,15-23H2,1-13H3,(H,38,43). The van der Waals surface area contributed by atoms with Crippen molar-refractivity contribution in [1.29, 1.82) is 0 Å². The largest absolute Gasteiger partial charge is 0.365 e. The van der Waals surface area contributed by atoms with Gasteiger partial charge in [-0.05, 0) is 77.2 Å². The lowest BCUT2D eigenvalue weighted by atomic mass is 9.77. The lowest BCUT2D eigenvalue weighted by molar-refractivity contribution is -0.136. The van der Waals surface area contributed by atoms with Crippen molar-refractivity contribution in [2.75, 3.05) is 27.7 Å². The number of hydrogen-bond donors (Lipinski definition) is 2. The summed E-state index contributed by atoms with van der Waals surface area (Å²) in [5.41, 5.74) is 0.511. The minimum atomic E-state index is -0.462. The molecule has 0 aromatic carbocycles. The molecule has 0 aromatic heterocycles. The molecule has 0 aliphatic carbocycles. The van der Waals surface area contributed by atoms with E-state index < -0.39 is 5.41 Å². The average Bonchev–Trinajstić information content (AvgIpc) is 2.94. The molecular weight excluding hydrogens is 552 g/mol. The molecule has 0 saturated heterocycles. The summed E-state index contributed by atoms with van der Waals surface area (Å²) < 4.78 is 0. The molecule has 0 bridgehead atoms. The molecule has 44 heavy (non-hydrogen) atoms. The Morgan fingerprint density at radius 2 is 1.48 bits per heavy atom. The topological polar surface area (TPSA) is 98.8 Å². The van der Waals surface area contributed by atoms with E-state index in [0.717, 1.165) is 44.1 Å². The second-order valence-electron chi connectivity index (χ2n) is 14.3. The molecule has 2 amide bonds. The number of nitrogens with zero attached hydrogens (tertiary/aromatic N) is 2. The summed E-state index contributed by atoms with van der Waals surface area (Å²) >= 11 is 0. The monoisotopic (exact) mass is 621 g/mol. The van der Waals surface area contributed by atoms with E-state index in [4.69, 9.17) is 0 Å². The van der Waals surface area contributed by atoms with Gasteiger partial charge < -0.3 is 30.0 Å². The highest BCUT2D eigenvalue weighted by Gasteiger charge is 2.35. The normalized spacial score (nSPS) is 16.9. The van der Waals surface area contributed by atoms with Crippen LogP contribution in [0.4, 0.5) is 0 Å². The molecule has 8 nitrogen and oxygen atoms in total. The Morgan fingerprint density at radius 3 is 1.93 bits per heavy atom. The number of ketones is 1. The predicted molar refractivity (Wildman–Crippen MR) is 183 cm³/mol. The molecule has 0 radical (unpaired) electrons. The van der Waals surface area contributed by atoms with Crippen molar-refractivity contribution in [3.05, 3.63) is 11.8 Å². The third-order valence-electron chi connectivity index (χ3n) is 9.19. The van der Waals surface area contributed by atoms with Gasteiger partial charge in [0, 0.05) is 50.1 Å². The van der Waals surface area contributed by atoms with Crippen LogP contribution in [0, 0.1) is 29.1 Å². The van der Waals surface area contributed by atoms with E-state index in [1.54, 1.807) is 6.92 Å². The van der Waals surface area contributed by atoms with Crippen LogP contribution >= 0.6 is 0 Å². The Labute approximate surface area is 270 Å². The summed E-state index contributed by atoms with van der Waals surface area (Å²) in [6.07, 6.45) is 8.97. The van der Waals surface area contributed by atoms with E-state index in [1.165, 1.54) is 0 Å². The summed E-state index contributed by atoms with van der Waals surface area (Å²) in [5, 5.41) is 6.41. The van der Waals surface area contributed by atoms with Crippen LogP contribution in [0.1, 0.15) is 121 Å². The third kappa shape index (κ3) is 13.8. The zero-order valence-corrected chi connectivity index (χ0v) is 30.6. The van der Waals surface area contributed by atoms with Crippen LogP contribution < -0.4 is 10.6 Å². The van der Waals surface area contributed by atoms with Gasteiger partial charge in [-0.3, -0.25) is 9.59 Å². The van der Waals surface area contributed by atoms with Gasteiger partial charge in [0.1, 0.15) is 18.1 Å². The number of nitrogens with one attached hydrogen (secondary N) is 2. The Kier molecular flexibility index (Phi) is 19.7. The molecule has 0 fully saturated rings. The fourth-order valence-corrected chi connectivity index (χ4v) is 6.50. The van der Waals surface area contributed by atoms with Crippen LogP contribution in [0.5, 0.6) is 0 Å². The Balaban J connectivity index is 5.85. The summed E-state index contributed by atoms with van der Waals surface area (Å²) in [6, 6.07) is -0.441. The van der Waals surface area contributed by atoms with E-state index in [2.05, 4.69) is 56.2 Å². The van der Waals surface area contributed by atoms with Crippen molar-refractivity contribution in [3.8, 4) is 0 Å². The van der Waals surface area contributed by atoms with Crippen LogP contribution in [-0.2, 0) is 19.2 Å². The van der Waals surface area contributed by atoms with Crippen LogP contribution in [0.25, 0.3) is 0 Å². The van der Waals surface area contributed by atoms with Crippen molar-refractivity contribution in [2.45, 2.75) is 139 Å². The maximum absolute atomic E-state index is 13.8. The van der Waals surface area contributed by atoms with Gasteiger partial charge in [0.2, 0.25) is 11.8 Å². The second kappa shape index (κ2) is 20.7. The van der Waals surface area contributed by atoms with Crippen molar-refractivity contribution >= 4 is 23.9 Å². The maximum atomic E-state index is 13.8. The van der Waals surface area contributed by atoms with Gasteiger partial charge in [-0.1, -0.05) is 67.9 Å². The Bertz CT molecular complexity index is 914. The second-order valence-corrected chi connectivity index (χ2v) is 14.3. The summed E-state index contributed by atoms with van der Waals surface area (Å²) in [5.74, 6) is 0.915. The van der Waals surface area contributed by atoms with Crippen molar-refractivity contribution < 1.29 is 19.2 Å². The highest BCUT2D eigenvalue weighted by atomic mass is 16.2. The van der Waals surface area contributed by atoms with Gasteiger partial charge in [-0.2, -0.15) is 0 Å². The van der Waals surface area contributed by atoms with Gasteiger partial charge in [0.05, 0.1) is 6.04 Å². The van der Waals surface area contributed by atoms with Gasteiger partial charge in [-0.25, -0.2) is 0 Å². The van der Waals surface area contributed by atoms with Crippen molar-refractivity contribution in [3.63, 3.8) is 0 Å². The van der Waals surface area contributed by atoms with E-state index in [0.29, 0.717) is 37.6 Å². The Hall–Kier alpha value is -2.22. The van der Waals surface area contributed by atoms with Crippen molar-refractivity contribution in [2.24, 2.45) is 29.1 Å². The molecule has 0 aliphatic rings. The van der Waals surface area contributed by atoms with Crippen LogP contribution in [-0.4, -0.2) is 79.5 Å². The van der Waals surface area contributed by atoms with Crippen molar-refractivity contribution in [1.82, 2.24) is 20.4 Å². The lowest BCUT2D eigenvalue weighted by Crippen LogP contribution is -2.51. The summed E-state index contributed by atoms with van der Waals surface area (Å²) in [6.45, 7) is 20.8. The average molecular weight is 621 g/mol. The van der Waals surface area contributed by atoms with Crippen LogP contribution in [0.15, 0.2) is 11.8 Å². The molecule has 0 saturated carbocycles. The number of hydrogen-bond acceptors (Lipinski definition) is 6. The van der Waals surface area contributed by atoms with Crippen LogP contribution in [0.2, 0.25) is 0 Å². The van der Waals surface area contributed by atoms with Gasteiger partial charge in [-0.15, -0.1) is 0 Å². The first kappa shape index (κ1) is 41.8. The molecule has 6 atom stereocenters. The minimum Gasteiger partial charge on any atom is -0.365 e. The predicted octanol–water partition coefficient (Wildman–Crippen LogP) is 6.24. The number of carbonyl (C=O) groups excluding carboxylic acids is 4. The summed E-state index contributed by atoms with van der Waals surface area (Å²) in [4.78, 5) is 54.8. The van der Waals surface area contributed by atoms with Crippen LogP contribution in [0.3, 0.4) is 0 Å². The molecule has 0 aliphatic heterocycles. The molecule has 0 aromatic rings. The number of aldehydes is 1. The first-order valence-corrected chi connectivity index (χ1v) is 17.1. The van der Waals surface area contributed by atoms with E-state index in [-0.39, 0.29) is 47.6 Å². The van der Waals surface area contributed by atoms with Gasteiger partial charge in [0.15, 0.2) is 0 Å². The smallest absolute Gasteiger partial charge is 0.242 e. The number of carbonyl (C=O) groups is 4. The Morgan fingerprint density at radius 1 is 0.909 bits per heavy atom. The quantitative estimate of drug-likeness (QED) is 0.131. The number of Topliss-reactive ketones (excluding diaryl/α,β-unsaturated/α-hetero) is 1. The molecule has 2 N–H and O–H groups in total. The SMILES string of the molecule is CC=C(C(CC(C)C)N(C)C(=O)C(C)CCCC(C)(C=O)C(CC)NC)N(C)C(CC(C)C)C(=O)NCCC(C)CC(C)=O. The number of amides is 2. The molecular formula is C36H68N4O4. The van der Waals surface area contributed by atoms with E-state index in [9.17, 15) is 19.2 Å². The maximum Gasteiger partial charge on any atom is 0.242 e. The fourth-order valence-electron chi connectivity index (χ4n) is 6.50. The molecule has 0 rings (SSSR count). The highest BCUT2D eigenvalue weighted by molar-refractivity contribution is 5.82. The van der Waals surface area contributed by atoms with E-state index in [1.807, 2.05) is 53.7 Å². The zero-order chi connectivity index (χ0) is 34.2. The minimum absolute atomic E-state index is 0.0219. The number of rotatable bonds is 23. The summed E-state index contributed by atoms with van der Waals surface area (Å²) in [7, 11) is 5.76. The molecule has 0 spiro atoms. The number of allylic oxidation sites excluding steroid dienone is 1. The molecule has 8 heteroatoms. The zero-order valence-electron chi connectivity index (χ0n) is 30.6. The third-order valence-corrected chi connectivity index (χ3v) is 9.19. The lowest BCUT2D eigenvalue weighted by Gasteiger charge is -2.40. The number of likely N-dealkylation sites (N-methyl/N-ethyl adjacent to an activating group) is 2. The fraction of sp³-hybridized carbons (Fsp3) is 0.833.